The van der Waals surface area contributed by atoms with Crippen molar-refractivity contribution in [1.82, 2.24) is 4.31 Å². The van der Waals surface area contributed by atoms with Crippen LogP contribution in [0.4, 0.5) is 11.4 Å². The molecule has 1 rings (SSSR count). The summed E-state index contributed by atoms with van der Waals surface area (Å²) < 4.78 is 26.5. The second-order valence-electron chi connectivity index (χ2n) is 6.01. The molecule has 7 nitrogen and oxygen atoms in total. The number of non-ortho nitro benzene ring substituents is 1. The number of nitrogens with zero attached hydrogens (tertiary/aromatic N) is 2. The molecule has 0 fully saturated rings. The maximum atomic E-state index is 12.6. The van der Waals surface area contributed by atoms with Crippen molar-refractivity contribution >= 4 is 21.4 Å². The monoisotopic (exact) mass is 315 g/mol. The molecule has 1 aromatic rings. The van der Waals surface area contributed by atoms with Gasteiger partial charge in [0.25, 0.3) is 5.69 Å². The largest absolute Gasteiger partial charge is 0.387 e. The highest BCUT2D eigenvalue weighted by atomic mass is 32.2. The minimum atomic E-state index is -3.80. The van der Waals surface area contributed by atoms with Crippen molar-refractivity contribution in [3.8, 4) is 0 Å². The zero-order chi connectivity index (χ0) is 16.4. The molecule has 8 heteroatoms. The fraction of sp³-hybridized carbons (Fsp3) is 0.538. The van der Waals surface area contributed by atoms with E-state index >= 15 is 0 Å². The molecule has 1 aromatic carbocycles. The second kappa shape index (κ2) is 5.98. The maximum Gasteiger partial charge on any atom is 0.270 e. The van der Waals surface area contributed by atoms with Crippen LogP contribution in [0.15, 0.2) is 23.1 Å². The molecular weight excluding hydrogens is 294 g/mol. The molecule has 0 saturated carbocycles. The summed E-state index contributed by atoms with van der Waals surface area (Å²) in [6.07, 6.45) is 0. The molecule has 0 aliphatic heterocycles. The number of benzene rings is 1. The van der Waals surface area contributed by atoms with Gasteiger partial charge in [0.2, 0.25) is 10.0 Å². The number of sulfonamides is 1. The molecule has 0 heterocycles. The summed E-state index contributed by atoms with van der Waals surface area (Å²) in [6.45, 7) is 6.07. The first-order valence-electron chi connectivity index (χ1n) is 6.41. The van der Waals surface area contributed by atoms with Gasteiger partial charge in [-0.1, -0.05) is 20.8 Å². The van der Waals surface area contributed by atoms with E-state index in [2.05, 4.69) is 5.32 Å². The van der Waals surface area contributed by atoms with Crippen LogP contribution in [0.5, 0.6) is 0 Å². The number of nitro groups is 1. The average molecular weight is 315 g/mol. The van der Waals surface area contributed by atoms with Crippen LogP contribution in [0, 0.1) is 15.5 Å². The van der Waals surface area contributed by atoms with E-state index in [1.165, 1.54) is 23.5 Å². The van der Waals surface area contributed by atoms with Crippen molar-refractivity contribution in [3.63, 3.8) is 0 Å². The fourth-order valence-electron chi connectivity index (χ4n) is 1.97. The molecule has 21 heavy (non-hydrogen) atoms. The molecule has 0 atom stereocenters. The molecule has 0 radical (unpaired) electrons. The Morgan fingerprint density at radius 2 is 1.90 bits per heavy atom. The fourth-order valence-corrected chi connectivity index (χ4v) is 3.58. The molecule has 1 N–H and O–H groups in total. The number of rotatable bonds is 5. The zero-order valence-corrected chi connectivity index (χ0v) is 13.7. The van der Waals surface area contributed by atoms with Gasteiger partial charge in [0, 0.05) is 32.8 Å². The normalized spacial score (nSPS) is 12.5. The molecule has 0 aliphatic carbocycles. The average Bonchev–Trinajstić information content (AvgIpc) is 2.35. The third-order valence-corrected chi connectivity index (χ3v) is 4.67. The molecular formula is C13H21N3O4S. The minimum Gasteiger partial charge on any atom is -0.387 e. The van der Waals surface area contributed by atoms with Gasteiger partial charge in [-0.3, -0.25) is 10.1 Å². The summed E-state index contributed by atoms with van der Waals surface area (Å²) in [7, 11) is -0.760. The summed E-state index contributed by atoms with van der Waals surface area (Å²) in [5.74, 6) is 0. The third-order valence-electron chi connectivity index (χ3n) is 2.83. The van der Waals surface area contributed by atoms with Crippen LogP contribution in [0.25, 0.3) is 0 Å². The highest BCUT2D eigenvalue weighted by Crippen LogP contribution is 2.29. The highest BCUT2D eigenvalue weighted by Gasteiger charge is 2.29. The van der Waals surface area contributed by atoms with Gasteiger partial charge in [0.15, 0.2) is 0 Å². The summed E-state index contributed by atoms with van der Waals surface area (Å²) in [4.78, 5) is 10.2. The van der Waals surface area contributed by atoms with E-state index in [0.717, 1.165) is 6.07 Å². The number of nitro benzene ring substituents is 1. The molecule has 0 unspecified atom stereocenters. The smallest absolute Gasteiger partial charge is 0.270 e. The van der Waals surface area contributed by atoms with Gasteiger partial charge in [-0.2, -0.15) is 0 Å². The molecule has 0 bridgehead atoms. The van der Waals surface area contributed by atoms with Gasteiger partial charge in [0.1, 0.15) is 4.90 Å². The summed E-state index contributed by atoms with van der Waals surface area (Å²) >= 11 is 0. The van der Waals surface area contributed by atoms with Gasteiger partial charge in [-0.05, 0) is 11.5 Å². The predicted octanol–water partition coefficient (Wildman–Crippen LogP) is 2.30. The van der Waals surface area contributed by atoms with Crippen LogP contribution in [0.3, 0.4) is 0 Å². The van der Waals surface area contributed by atoms with Crippen LogP contribution in [0.1, 0.15) is 20.8 Å². The van der Waals surface area contributed by atoms with Crippen LogP contribution in [-0.2, 0) is 10.0 Å². The lowest BCUT2D eigenvalue weighted by atomic mass is 9.97. The van der Waals surface area contributed by atoms with Gasteiger partial charge in [0.05, 0.1) is 10.6 Å². The van der Waals surface area contributed by atoms with Crippen molar-refractivity contribution in [2.75, 3.05) is 26.0 Å². The summed E-state index contributed by atoms with van der Waals surface area (Å²) in [5, 5.41) is 13.6. The van der Waals surface area contributed by atoms with Crippen molar-refractivity contribution in [3.05, 3.63) is 28.3 Å². The number of hydrogen-bond donors (Lipinski definition) is 1. The Kier molecular flexibility index (Phi) is 4.95. The lowest BCUT2D eigenvalue weighted by molar-refractivity contribution is -0.385. The van der Waals surface area contributed by atoms with Crippen molar-refractivity contribution in [1.29, 1.82) is 0 Å². The first kappa shape index (κ1) is 17.4. The number of hydrogen-bond acceptors (Lipinski definition) is 5. The molecule has 0 aromatic heterocycles. The van der Waals surface area contributed by atoms with E-state index in [-0.39, 0.29) is 16.0 Å². The SMILES string of the molecule is CNc1ccc([N+](=O)[O-])cc1S(=O)(=O)N(C)CC(C)(C)C. The Labute approximate surface area is 125 Å². The summed E-state index contributed by atoms with van der Waals surface area (Å²) in [6, 6.07) is 3.75. The van der Waals surface area contributed by atoms with Crippen molar-refractivity contribution < 1.29 is 13.3 Å². The van der Waals surface area contributed by atoms with Crippen LogP contribution >= 0.6 is 0 Å². The first-order chi connectivity index (χ1) is 9.49. The van der Waals surface area contributed by atoms with E-state index in [1.807, 2.05) is 20.8 Å². The van der Waals surface area contributed by atoms with E-state index in [9.17, 15) is 18.5 Å². The van der Waals surface area contributed by atoms with Gasteiger partial charge >= 0.3 is 0 Å². The van der Waals surface area contributed by atoms with E-state index in [1.54, 1.807) is 7.05 Å². The van der Waals surface area contributed by atoms with Gasteiger partial charge < -0.3 is 5.32 Å². The molecule has 118 valence electrons. The zero-order valence-electron chi connectivity index (χ0n) is 12.9. The second-order valence-corrected chi connectivity index (χ2v) is 8.02. The van der Waals surface area contributed by atoms with E-state index in [4.69, 9.17) is 0 Å². The highest BCUT2D eigenvalue weighted by molar-refractivity contribution is 7.89. The lowest BCUT2D eigenvalue weighted by Crippen LogP contribution is -2.34. The van der Waals surface area contributed by atoms with Crippen molar-refractivity contribution in [2.24, 2.45) is 5.41 Å². The lowest BCUT2D eigenvalue weighted by Gasteiger charge is -2.26. The first-order valence-corrected chi connectivity index (χ1v) is 7.85. The van der Waals surface area contributed by atoms with E-state index < -0.39 is 14.9 Å². The predicted molar refractivity (Wildman–Crippen MR) is 81.9 cm³/mol. The van der Waals surface area contributed by atoms with E-state index in [0.29, 0.717) is 12.2 Å². The molecule has 0 saturated heterocycles. The Morgan fingerprint density at radius 1 is 1.33 bits per heavy atom. The molecule has 0 aliphatic rings. The Morgan fingerprint density at radius 3 is 2.33 bits per heavy atom. The topological polar surface area (TPSA) is 92.5 Å². The Hall–Kier alpha value is -1.67. The third kappa shape index (κ3) is 4.15. The quantitative estimate of drug-likeness (QED) is 0.665. The van der Waals surface area contributed by atoms with Gasteiger partial charge in [-0.25, -0.2) is 12.7 Å². The minimum absolute atomic E-state index is 0.0917. The van der Waals surface area contributed by atoms with Crippen molar-refractivity contribution in [2.45, 2.75) is 25.7 Å². The molecule has 0 amide bonds. The van der Waals surface area contributed by atoms with Gasteiger partial charge in [-0.15, -0.1) is 0 Å². The Bertz CT molecular complexity index is 635. The maximum absolute atomic E-state index is 12.6. The number of nitrogens with one attached hydrogen (secondary N) is 1. The summed E-state index contributed by atoms with van der Waals surface area (Å²) in [5.41, 5.74) is -0.138. The van der Waals surface area contributed by atoms with Crippen LogP contribution in [-0.4, -0.2) is 38.3 Å². The Balaban J connectivity index is 3.35. The number of anilines is 1. The van der Waals surface area contributed by atoms with Crippen LogP contribution < -0.4 is 5.32 Å². The standard InChI is InChI=1S/C13H21N3O4S/c1-13(2,3)9-15(5)21(19,20)12-8-10(16(17)18)6-7-11(12)14-4/h6-8,14H,9H2,1-5H3. The molecule has 0 spiro atoms. The van der Waals surface area contributed by atoms with Crippen LogP contribution in [0.2, 0.25) is 0 Å².